The number of aromatic nitrogens is 2. The fraction of sp³-hybridized carbons (Fsp3) is 0.357. The lowest BCUT2D eigenvalue weighted by Gasteiger charge is -2.03. The van der Waals surface area contributed by atoms with Gasteiger partial charge in [-0.15, -0.1) is 0 Å². The lowest BCUT2D eigenvalue weighted by Crippen LogP contribution is -2.16. The van der Waals surface area contributed by atoms with Gasteiger partial charge in [0.05, 0.1) is 16.5 Å². The van der Waals surface area contributed by atoms with Gasteiger partial charge in [0.25, 0.3) is 0 Å². The molecular weight excluding hydrogens is 309 g/mol. The molecule has 5 heteroatoms. The number of nitrogens with one attached hydrogen (secondary N) is 1. The minimum absolute atomic E-state index is 0.235. The van der Waals surface area contributed by atoms with Crippen molar-refractivity contribution in [1.82, 2.24) is 14.9 Å². The highest BCUT2D eigenvalue weighted by atomic mass is 79.9. The summed E-state index contributed by atoms with van der Waals surface area (Å²) in [4.78, 5) is 4.36. The van der Waals surface area contributed by atoms with E-state index in [2.05, 4.69) is 33.2 Å². The number of nitrogens with zero attached hydrogens (tertiary/aromatic N) is 2. The Hall–Kier alpha value is -1.20. The van der Waals surface area contributed by atoms with Crippen molar-refractivity contribution in [2.45, 2.75) is 19.9 Å². The maximum atomic E-state index is 13.1. The average Bonchev–Trinajstić information content (AvgIpc) is 2.82. The van der Waals surface area contributed by atoms with Crippen LogP contribution in [0.5, 0.6) is 0 Å². The predicted molar refractivity (Wildman–Crippen MR) is 77.7 cm³/mol. The van der Waals surface area contributed by atoms with Gasteiger partial charge in [0.1, 0.15) is 5.82 Å². The van der Waals surface area contributed by atoms with Crippen LogP contribution in [0.25, 0.3) is 0 Å². The van der Waals surface area contributed by atoms with Gasteiger partial charge in [-0.1, -0.05) is 13.0 Å². The number of halogens is 2. The van der Waals surface area contributed by atoms with E-state index < -0.39 is 0 Å². The van der Waals surface area contributed by atoms with E-state index in [1.807, 2.05) is 17.1 Å². The molecule has 0 bridgehead atoms. The van der Waals surface area contributed by atoms with Gasteiger partial charge in [0, 0.05) is 25.7 Å². The minimum atomic E-state index is -0.235. The lowest BCUT2D eigenvalue weighted by atomic mass is 10.2. The fourth-order valence-corrected chi connectivity index (χ4v) is 2.29. The summed E-state index contributed by atoms with van der Waals surface area (Å²) in [7, 11) is 0. The van der Waals surface area contributed by atoms with Gasteiger partial charge in [-0.3, -0.25) is 0 Å². The highest BCUT2D eigenvalue weighted by Crippen LogP contribution is 2.17. The highest BCUT2D eigenvalue weighted by molar-refractivity contribution is 9.10. The number of rotatable bonds is 6. The smallest absolute Gasteiger partial charge is 0.137 e. The van der Waals surface area contributed by atoms with Gasteiger partial charge in [-0.05, 0) is 40.2 Å². The molecule has 102 valence electrons. The second-order valence-electron chi connectivity index (χ2n) is 4.39. The first-order valence-electron chi connectivity index (χ1n) is 6.34. The molecule has 0 atom stereocenters. The second kappa shape index (κ2) is 6.82. The van der Waals surface area contributed by atoms with Crippen molar-refractivity contribution in [2.75, 3.05) is 13.1 Å². The van der Waals surface area contributed by atoms with Gasteiger partial charge in [-0.25, -0.2) is 9.37 Å². The summed E-state index contributed by atoms with van der Waals surface area (Å²) in [5.74, 6) is -0.235. The van der Waals surface area contributed by atoms with E-state index in [0.29, 0.717) is 11.0 Å². The molecule has 0 aliphatic carbocycles. The third-order valence-electron chi connectivity index (χ3n) is 2.84. The largest absolute Gasteiger partial charge is 0.333 e. The Morgan fingerprint density at radius 1 is 1.42 bits per heavy atom. The van der Waals surface area contributed by atoms with Crippen LogP contribution in [-0.4, -0.2) is 22.6 Å². The molecule has 1 aromatic carbocycles. The molecular formula is C14H17BrFN3. The number of likely N-dealkylation sites (N-methyl/N-ethyl adjacent to an activating group) is 1. The van der Waals surface area contributed by atoms with Crippen LogP contribution in [0.1, 0.15) is 18.2 Å². The molecule has 0 radical (unpaired) electrons. The molecule has 0 unspecified atom stereocenters. The van der Waals surface area contributed by atoms with Crippen molar-refractivity contribution in [3.63, 3.8) is 0 Å². The standard InChI is InChI=1S/C14H17BrFN3/c1-2-17-6-5-12-9-19(10-18-12)8-11-3-4-14(16)13(15)7-11/h3-4,7,9-10,17H,2,5-6,8H2,1H3. The van der Waals surface area contributed by atoms with Crippen LogP contribution < -0.4 is 5.32 Å². The normalized spacial score (nSPS) is 10.9. The first kappa shape index (κ1) is 14.2. The Morgan fingerprint density at radius 3 is 3.00 bits per heavy atom. The molecule has 0 aliphatic rings. The van der Waals surface area contributed by atoms with Crippen molar-refractivity contribution < 1.29 is 4.39 Å². The Bertz CT molecular complexity index is 539. The Labute approximate surface area is 121 Å². The van der Waals surface area contributed by atoms with Crippen LogP contribution in [0.15, 0.2) is 35.2 Å². The molecule has 0 amide bonds. The van der Waals surface area contributed by atoms with E-state index in [0.717, 1.165) is 30.8 Å². The molecule has 3 nitrogen and oxygen atoms in total. The minimum Gasteiger partial charge on any atom is -0.333 e. The molecule has 1 aromatic heterocycles. The highest BCUT2D eigenvalue weighted by Gasteiger charge is 2.03. The van der Waals surface area contributed by atoms with Crippen LogP contribution in [0.4, 0.5) is 4.39 Å². The van der Waals surface area contributed by atoms with E-state index in [-0.39, 0.29) is 5.82 Å². The van der Waals surface area contributed by atoms with Gasteiger partial charge in [0.2, 0.25) is 0 Å². The fourth-order valence-electron chi connectivity index (χ4n) is 1.86. The first-order valence-corrected chi connectivity index (χ1v) is 7.13. The molecule has 1 N–H and O–H groups in total. The number of benzene rings is 1. The van der Waals surface area contributed by atoms with E-state index in [4.69, 9.17) is 0 Å². The molecule has 0 saturated heterocycles. The Balaban J connectivity index is 1.97. The summed E-state index contributed by atoms with van der Waals surface area (Å²) < 4.78 is 15.7. The van der Waals surface area contributed by atoms with Crippen molar-refractivity contribution in [1.29, 1.82) is 0 Å². The van der Waals surface area contributed by atoms with E-state index in [9.17, 15) is 4.39 Å². The molecule has 2 aromatic rings. The molecule has 0 saturated carbocycles. The zero-order valence-electron chi connectivity index (χ0n) is 10.9. The quantitative estimate of drug-likeness (QED) is 0.827. The number of hydrogen-bond acceptors (Lipinski definition) is 2. The first-order chi connectivity index (χ1) is 9.19. The third kappa shape index (κ3) is 4.14. The van der Waals surface area contributed by atoms with Gasteiger partial charge in [-0.2, -0.15) is 0 Å². The molecule has 19 heavy (non-hydrogen) atoms. The van der Waals surface area contributed by atoms with Crippen molar-refractivity contribution in [2.24, 2.45) is 0 Å². The van der Waals surface area contributed by atoms with E-state index >= 15 is 0 Å². The molecule has 2 rings (SSSR count). The third-order valence-corrected chi connectivity index (χ3v) is 3.45. The number of imidazole rings is 1. The van der Waals surface area contributed by atoms with Gasteiger partial charge in [0.15, 0.2) is 0 Å². The van der Waals surface area contributed by atoms with Crippen LogP contribution in [0.2, 0.25) is 0 Å². The molecule has 1 heterocycles. The lowest BCUT2D eigenvalue weighted by molar-refractivity contribution is 0.619. The van der Waals surface area contributed by atoms with Crippen molar-refractivity contribution >= 4 is 15.9 Å². The van der Waals surface area contributed by atoms with Crippen LogP contribution in [-0.2, 0) is 13.0 Å². The summed E-state index contributed by atoms with van der Waals surface area (Å²) in [5.41, 5.74) is 2.12. The summed E-state index contributed by atoms with van der Waals surface area (Å²) in [6.45, 7) is 4.71. The Kier molecular flexibility index (Phi) is 5.10. The molecule has 0 spiro atoms. The molecule has 0 aliphatic heterocycles. The number of hydrogen-bond donors (Lipinski definition) is 1. The van der Waals surface area contributed by atoms with Crippen LogP contribution in [0.3, 0.4) is 0 Å². The molecule has 0 fully saturated rings. The summed E-state index contributed by atoms with van der Waals surface area (Å²) >= 11 is 3.20. The maximum absolute atomic E-state index is 13.1. The monoisotopic (exact) mass is 325 g/mol. The van der Waals surface area contributed by atoms with Crippen LogP contribution in [0, 0.1) is 5.82 Å². The summed E-state index contributed by atoms with van der Waals surface area (Å²) in [5, 5.41) is 3.27. The maximum Gasteiger partial charge on any atom is 0.137 e. The summed E-state index contributed by atoms with van der Waals surface area (Å²) in [6.07, 6.45) is 4.78. The van der Waals surface area contributed by atoms with E-state index in [1.54, 1.807) is 12.1 Å². The zero-order valence-corrected chi connectivity index (χ0v) is 12.5. The van der Waals surface area contributed by atoms with Gasteiger partial charge >= 0.3 is 0 Å². The zero-order chi connectivity index (χ0) is 13.7. The topological polar surface area (TPSA) is 29.9 Å². The second-order valence-corrected chi connectivity index (χ2v) is 5.24. The van der Waals surface area contributed by atoms with Gasteiger partial charge < -0.3 is 9.88 Å². The van der Waals surface area contributed by atoms with Crippen molar-refractivity contribution in [3.8, 4) is 0 Å². The van der Waals surface area contributed by atoms with E-state index in [1.165, 1.54) is 6.07 Å². The van der Waals surface area contributed by atoms with Crippen molar-refractivity contribution in [3.05, 3.63) is 52.3 Å². The Morgan fingerprint density at radius 2 is 2.26 bits per heavy atom. The van der Waals surface area contributed by atoms with Crippen LogP contribution >= 0.6 is 15.9 Å². The average molecular weight is 326 g/mol. The predicted octanol–water partition coefficient (Wildman–Crippen LogP) is 2.99. The summed E-state index contributed by atoms with van der Waals surface area (Å²) in [6, 6.07) is 5.06. The SMILES string of the molecule is CCNCCc1cn(Cc2ccc(F)c(Br)c2)cn1.